The predicted molar refractivity (Wildman–Crippen MR) is 84.9 cm³/mol. The van der Waals surface area contributed by atoms with Gasteiger partial charge in [0.1, 0.15) is 0 Å². The molecule has 2 aromatic carbocycles. The molecular formula is C17H16BrNO. The highest BCUT2D eigenvalue weighted by Gasteiger charge is 2.51. The molecule has 102 valence electrons. The molecule has 2 aromatic rings. The first kappa shape index (κ1) is 13.4. The van der Waals surface area contributed by atoms with Crippen LogP contribution in [0, 0.1) is 6.92 Å². The Hall–Kier alpha value is -1.61. The second-order valence-corrected chi connectivity index (χ2v) is 6.32. The summed E-state index contributed by atoms with van der Waals surface area (Å²) < 4.78 is 1.04. The summed E-state index contributed by atoms with van der Waals surface area (Å²) in [5.74, 6) is 0.101. The highest BCUT2D eigenvalue weighted by Crippen LogP contribution is 2.49. The van der Waals surface area contributed by atoms with Gasteiger partial charge in [-0.05, 0) is 49.6 Å². The molecule has 0 heterocycles. The Labute approximate surface area is 127 Å². The number of anilines is 1. The van der Waals surface area contributed by atoms with Crippen molar-refractivity contribution in [2.24, 2.45) is 0 Å². The number of rotatable bonds is 3. The van der Waals surface area contributed by atoms with Crippen LogP contribution in [0.15, 0.2) is 53.0 Å². The van der Waals surface area contributed by atoms with E-state index in [1.54, 1.807) is 0 Å². The van der Waals surface area contributed by atoms with Crippen LogP contribution in [0.4, 0.5) is 5.69 Å². The average Bonchev–Trinajstić information content (AvgIpc) is 3.24. The summed E-state index contributed by atoms with van der Waals surface area (Å²) in [6.07, 6.45) is 1.85. The molecule has 0 radical (unpaired) electrons. The Balaban J connectivity index is 1.79. The number of amides is 1. The van der Waals surface area contributed by atoms with Crippen molar-refractivity contribution in [3.8, 4) is 0 Å². The molecule has 1 N–H and O–H groups in total. The van der Waals surface area contributed by atoms with E-state index < -0.39 is 0 Å². The second-order valence-electron chi connectivity index (χ2n) is 5.41. The molecule has 0 atom stereocenters. The minimum Gasteiger partial charge on any atom is -0.325 e. The van der Waals surface area contributed by atoms with Gasteiger partial charge in [-0.3, -0.25) is 4.79 Å². The van der Waals surface area contributed by atoms with E-state index in [-0.39, 0.29) is 11.3 Å². The molecule has 1 amide bonds. The summed E-state index contributed by atoms with van der Waals surface area (Å²) in [7, 11) is 0. The summed E-state index contributed by atoms with van der Waals surface area (Å²) in [5.41, 5.74) is 2.83. The van der Waals surface area contributed by atoms with Crippen molar-refractivity contribution in [2.75, 3.05) is 5.32 Å². The summed E-state index contributed by atoms with van der Waals surface area (Å²) in [6.45, 7) is 2.04. The lowest BCUT2D eigenvalue weighted by Gasteiger charge is -2.16. The van der Waals surface area contributed by atoms with Crippen LogP contribution < -0.4 is 5.32 Å². The van der Waals surface area contributed by atoms with Crippen molar-refractivity contribution in [1.82, 2.24) is 0 Å². The summed E-state index contributed by atoms with van der Waals surface area (Å²) in [6, 6.07) is 16.0. The highest BCUT2D eigenvalue weighted by molar-refractivity contribution is 9.10. The molecule has 0 bridgehead atoms. The van der Waals surface area contributed by atoms with Gasteiger partial charge in [0, 0.05) is 10.2 Å². The third-order valence-corrected chi connectivity index (χ3v) is 4.42. The lowest BCUT2D eigenvalue weighted by atomic mass is 9.95. The van der Waals surface area contributed by atoms with E-state index in [9.17, 15) is 4.79 Å². The van der Waals surface area contributed by atoms with Crippen LogP contribution in [-0.2, 0) is 10.2 Å². The van der Waals surface area contributed by atoms with Crippen LogP contribution in [0.5, 0.6) is 0 Å². The Morgan fingerprint density at radius 2 is 1.65 bits per heavy atom. The zero-order chi connectivity index (χ0) is 14.2. The molecule has 0 unspecified atom stereocenters. The van der Waals surface area contributed by atoms with Crippen LogP contribution >= 0.6 is 15.9 Å². The van der Waals surface area contributed by atoms with Gasteiger partial charge in [-0.2, -0.15) is 0 Å². The number of halogens is 1. The van der Waals surface area contributed by atoms with Crippen molar-refractivity contribution >= 4 is 27.5 Å². The number of carbonyl (C=O) groups is 1. The number of hydrogen-bond acceptors (Lipinski definition) is 1. The van der Waals surface area contributed by atoms with Crippen molar-refractivity contribution in [3.05, 3.63) is 64.1 Å². The Kier molecular flexibility index (Phi) is 3.38. The van der Waals surface area contributed by atoms with Gasteiger partial charge in [-0.1, -0.05) is 45.8 Å². The Morgan fingerprint density at radius 1 is 1.05 bits per heavy atom. The quantitative estimate of drug-likeness (QED) is 0.886. The van der Waals surface area contributed by atoms with Gasteiger partial charge < -0.3 is 5.32 Å². The SMILES string of the molecule is Cc1ccc(NC(=O)C2(c3ccc(Br)cc3)CC2)cc1. The summed E-state index contributed by atoms with van der Waals surface area (Å²) in [4.78, 5) is 12.5. The molecule has 0 spiro atoms. The fourth-order valence-corrected chi connectivity index (χ4v) is 2.69. The van der Waals surface area contributed by atoms with Crippen molar-refractivity contribution < 1.29 is 4.79 Å². The first-order valence-corrected chi connectivity index (χ1v) is 7.54. The maximum Gasteiger partial charge on any atom is 0.235 e. The van der Waals surface area contributed by atoms with E-state index in [4.69, 9.17) is 0 Å². The lowest BCUT2D eigenvalue weighted by molar-refractivity contribution is -0.118. The van der Waals surface area contributed by atoms with E-state index in [1.807, 2.05) is 55.5 Å². The first-order valence-electron chi connectivity index (χ1n) is 6.74. The molecule has 1 fully saturated rings. The van der Waals surface area contributed by atoms with Crippen LogP contribution in [0.25, 0.3) is 0 Å². The van der Waals surface area contributed by atoms with E-state index >= 15 is 0 Å². The van der Waals surface area contributed by atoms with Gasteiger partial charge in [0.15, 0.2) is 0 Å². The molecule has 1 saturated carbocycles. The molecule has 0 saturated heterocycles. The molecule has 1 aliphatic carbocycles. The highest BCUT2D eigenvalue weighted by atomic mass is 79.9. The molecule has 0 aliphatic heterocycles. The number of benzene rings is 2. The molecule has 3 heteroatoms. The van der Waals surface area contributed by atoms with Crippen LogP contribution in [0.3, 0.4) is 0 Å². The van der Waals surface area contributed by atoms with Gasteiger partial charge in [0.2, 0.25) is 5.91 Å². The van der Waals surface area contributed by atoms with Crippen LogP contribution in [0.2, 0.25) is 0 Å². The van der Waals surface area contributed by atoms with Gasteiger partial charge in [-0.25, -0.2) is 0 Å². The van der Waals surface area contributed by atoms with Crippen molar-refractivity contribution in [3.63, 3.8) is 0 Å². The van der Waals surface area contributed by atoms with E-state index in [2.05, 4.69) is 21.2 Å². The number of nitrogens with one attached hydrogen (secondary N) is 1. The maximum atomic E-state index is 12.5. The third-order valence-electron chi connectivity index (χ3n) is 3.89. The van der Waals surface area contributed by atoms with E-state index in [1.165, 1.54) is 5.56 Å². The number of carbonyl (C=O) groups excluding carboxylic acids is 1. The topological polar surface area (TPSA) is 29.1 Å². The molecule has 1 aliphatic rings. The first-order chi connectivity index (χ1) is 9.60. The molecule has 0 aromatic heterocycles. The summed E-state index contributed by atoms with van der Waals surface area (Å²) in [5, 5.41) is 3.03. The van der Waals surface area contributed by atoms with Gasteiger partial charge in [0.25, 0.3) is 0 Å². The fourth-order valence-electron chi connectivity index (χ4n) is 2.43. The normalized spacial score (nSPS) is 15.7. The predicted octanol–water partition coefficient (Wildman–Crippen LogP) is 4.43. The van der Waals surface area contributed by atoms with Crippen molar-refractivity contribution in [1.29, 1.82) is 0 Å². The Morgan fingerprint density at radius 3 is 2.20 bits per heavy atom. The fraction of sp³-hybridized carbons (Fsp3) is 0.235. The van der Waals surface area contributed by atoms with Crippen LogP contribution in [0.1, 0.15) is 24.0 Å². The second kappa shape index (κ2) is 5.06. The zero-order valence-corrected chi connectivity index (χ0v) is 12.9. The average molecular weight is 330 g/mol. The van der Waals surface area contributed by atoms with Gasteiger partial charge >= 0.3 is 0 Å². The smallest absolute Gasteiger partial charge is 0.235 e. The molecular weight excluding hydrogens is 314 g/mol. The minimum atomic E-state index is -0.328. The number of hydrogen-bond donors (Lipinski definition) is 1. The Bertz CT molecular complexity index is 627. The minimum absolute atomic E-state index is 0.101. The third kappa shape index (κ3) is 2.50. The van der Waals surface area contributed by atoms with Gasteiger partial charge in [0.05, 0.1) is 5.41 Å². The van der Waals surface area contributed by atoms with E-state index in [0.29, 0.717) is 0 Å². The lowest BCUT2D eigenvalue weighted by Crippen LogP contribution is -2.27. The molecule has 3 rings (SSSR count). The summed E-state index contributed by atoms with van der Waals surface area (Å²) >= 11 is 3.43. The van der Waals surface area contributed by atoms with Crippen LogP contribution in [-0.4, -0.2) is 5.91 Å². The number of aryl methyl sites for hydroxylation is 1. The maximum absolute atomic E-state index is 12.5. The molecule has 2 nitrogen and oxygen atoms in total. The zero-order valence-electron chi connectivity index (χ0n) is 11.3. The largest absolute Gasteiger partial charge is 0.325 e. The van der Waals surface area contributed by atoms with E-state index in [0.717, 1.165) is 28.6 Å². The monoisotopic (exact) mass is 329 g/mol. The molecule has 20 heavy (non-hydrogen) atoms. The van der Waals surface area contributed by atoms with Crippen molar-refractivity contribution in [2.45, 2.75) is 25.2 Å². The van der Waals surface area contributed by atoms with Gasteiger partial charge in [-0.15, -0.1) is 0 Å². The standard InChI is InChI=1S/C17H16BrNO/c1-12-2-8-15(9-3-12)19-16(20)17(10-11-17)13-4-6-14(18)7-5-13/h2-9H,10-11H2,1H3,(H,19,20).